The van der Waals surface area contributed by atoms with E-state index in [1.807, 2.05) is 0 Å². The molecule has 0 aliphatic rings. The molecule has 0 aromatic heterocycles. The van der Waals surface area contributed by atoms with E-state index in [1.54, 1.807) is 0 Å². The van der Waals surface area contributed by atoms with E-state index in [1.165, 1.54) is 0 Å². The largest absolute Gasteiger partial charge is 1.00 e. The number of carboxylic acids is 3. The number of hydrogen-bond donors (Lipinski definition) is 1. The average Bonchev–Trinajstić information content (AvgIpc) is 2.01. The molecule has 0 saturated carbocycles. The molecular weight excluding hydrogens is 349 g/mol. The van der Waals surface area contributed by atoms with Crippen molar-refractivity contribution in [1.29, 1.82) is 0 Å². The summed E-state index contributed by atoms with van der Waals surface area (Å²) in [6.07, 6.45) is -2.72. The summed E-state index contributed by atoms with van der Waals surface area (Å²) in [5, 5.41) is 38.9. The van der Waals surface area contributed by atoms with Crippen LogP contribution < -0.4 is 104 Å². The van der Waals surface area contributed by atoms with Gasteiger partial charge in [0.1, 0.15) is 5.60 Å². The van der Waals surface area contributed by atoms with Gasteiger partial charge in [0.25, 0.3) is 0 Å². The molecule has 0 unspecified atom stereocenters. The number of hydrogen-bond acceptors (Lipinski definition) is 9. The third-order valence-corrected chi connectivity index (χ3v) is 1.25. The van der Waals surface area contributed by atoms with Crippen molar-refractivity contribution in [2.45, 2.75) is 18.4 Å². The third-order valence-electron chi connectivity index (χ3n) is 1.25. The van der Waals surface area contributed by atoms with Gasteiger partial charge in [-0.1, -0.05) is 0 Å². The molecular formula is C6H9Na3O11S. The Morgan fingerprint density at radius 1 is 0.857 bits per heavy atom. The predicted octanol–water partition coefficient (Wildman–Crippen LogP) is -16.6. The second kappa shape index (κ2) is 23.4. The number of carbonyl (C=O) groups excluding carboxylic acids is 3. The van der Waals surface area contributed by atoms with Gasteiger partial charge in [0.15, 0.2) is 0 Å². The maximum Gasteiger partial charge on any atom is 1.00 e. The fourth-order valence-electron chi connectivity index (χ4n) is 0.684. The Labute approximate surface area is 188 Å². The molecule has 0 atom stereocenters. The summed E-state index contributed by atoms with van der Waals surface area (Å²) >= 11 is -0.750. The second-order valence-electron chi connectivity index (χ2n) is 2.48. The molecule has 15 heteroatoms. The molecule has 108 valence electrons. The maximum absolute atomic E-state index is 10.1. The Bertz CT molecular complexity index is 314. The van der Waals surface area contributed by atoms with Gasteiger partial charge in [-0.15, -0.1) is 0 Å². The van der Waals surface area contributed by atoms with E-state index in [0.717, 1.165) is 0 Å². The van der Waals surface area contributed by atoms with Gasteiger partial charge in [-0.2, -0.15) is 8.42 Å². The average molecular weight is 358 g/mol. The van der Waals surface area contributed by atoms with Gasteiger partial charge >= 0.3 is 100 Å². The van der Waals surface area contributed by atoms with Gasteiger partial charge in [0.2, 0.25) is 0 Å². The number of carboxylic acid groups (broad SMARTS) is 3. The maximum atomic E-state index is 10.1. The molecule has 0 heterocycles. The summed E-state index contributed by atoms with van der Waals surface area (Å²) in [5.41, 5.74) is -2.97. The minimum atomic E-state index is -2.97. The van der Waals surface area contributed by atoms with Crippen molar-refractivity contribution in [2.24, 2.45) is 0 Å². The molecule has 21 heavy (non-hydrogen) atoms. The van der Waals surface area contributed by atoms with Crippen molar-refractivity contribution >= 4 is 29.5 Å². The van der Waals surface area contributed by atoms with E-state index < -0.39 is 47.9 Å². The topological polar surface area (TPSA) is 238 Å². The summed E-state index contributed by atoms with van der Waals surface area (Å²) in [6, 6.07) is 0. The van der Waals surface area contributed by atoms with E-state index in [0.29, 0.717) is 0 Å². The van der Waals surface area contributed by atoms with Crippen LogP contribution >= 0.6 is 0 Å². The van der Waals surface area contributed by atoms with E-state index in [-0.39, 0.29) is 99.6 Å². The van der Waals surface area contributed by atoms with Crippen molar-refractivity contribution in [3.8, 4) is 0 Å². The molecule has 0 rings (SSSR count). The molecule has 11 nitrogen and oxygen atoms in total. The van der Waals surface area contributed by atoms with Gasteiger partial charge in [-0.3, -0.25) is 0 Å². The van der Waals surface area contributed by atoms with Gasteiger partial charge in [0.05, 0.1) is 5.97 Å². The van der Waals surface area contributed by atoms with Crippen molar-refractivity contribution in [3.63, 3.8) is 0 Å². The fourth-order valence-corrected chi connectivity index (χ4v) is 0.684. The SMILES string of the molecule is O.O.O=C([O-])CC(O)(CC(=O)[O-])C(=O)[O-].O=S=O.[Na+].[Na+].[Na+]. The van der Waals surface area contributed by atoms with Crippen LogP contribution in [0.3, 0.4) is 0 Å². The van der Waals surface area contributed by atoms with Crippen LogP contribution in [-0.4, -0.2) is 48.0 Å². The van der Waals surface area contributed by atoms with Crippen molar-refractivity contribution in [2.75, 3.05) is 0 Å². The summed E-state index contributed by atoms with van der Waals surface area (Å²) in [5.74, 6) is -5.98. The van der Waals surface area contributed by atoms with Crippen LogP contribution in [0.4, 0.5) is 0 Å². The minimum absolute atomic E-state index is 0. The smallest absolute Gasteiger partial charge is 0.550 e. The molecule has 0 radical (unpaired) electrons. The van der Waals surface area contributed by atoms with E-state index in [4.69, 9.17) is 13.5 Å². The minimum Gasteiger partial charge on any atom is -0.550 e. The monoisotopic (exact) mass is 358 g/mol. The van der Waals surface area contributed by atoms with Gasteiger partial charge < -0.3 is 45.8 Å². The normalized spacial score (nSPS) is 7.29. The summed E-state index contributed by atoms with van der Waals surface area (Å²) in [6.45, 7) is 0. The molecule has 0 aliphatic carbocycles. The van der Waals surface area contributed by atoms with Crippen molar-refractivity contribution in [3.05, 3.63) is 0 Å². The Kier molecular flexibility index (Phi) is 48.0. The Morgan fingerprint density at radius 2 is 1.05 bits per heavy atom. The molecule has 0 spiro atoms. The first-order valence-corrected chi connectivity index (χ1v) is 4.11. The molecule has 0 aromatic carbocycles. The van der Waals surface area contributed by atoms with Gasteiger partial charge in [-0.05, 0) is 0 Å². The first-order valence-electron chi connectivity index (χ1n) is 3.45. The molecule has 0 aliphatic heterocycles. The van der Waals surface area contributed by atoms with Crippen LogP contribution in [0.15, 0.2) is 0 Å². The zero-order valence-electron chi connectivity index (χ0n) is 11.5. The number of aliphatic carboxylic acids is 3. The van der Waals surface area contributed by atoms with Crippen LogP contribution in [0.1, 0.15) is 12.8 Å². The quantitative estimate of drug-likeness (QED) is 0.458. The van der Waals surface area contributed by atoms with E-state index in [9.17, 15) is 29.7 Å². The standard InChI is InChI=1S/C6H8O7.3Na.O2S.2H2O/c7-3(8)1-6(13,5(11)12)2-4(9)10;;;;1-3-2;;/h13H,1-2H2,(H,7,8)(H,9,10)(H,11,12);;;;;2*1H2/q;3*+1;;;/p-3. The molecule has 0 bridgehead atoms. The number of aliphatic hydroxyl groups is 1. The van der Waals surface area contributed by atoms with Crippen LogP contribution in [0, 0.1) is 0 Å². The summed E-state index contributed by atoms with van der Waals surface area (Å²) in [4.78, 5) is 30.0. The first kappa shape index (κ1) is 43.2. The Morgan fingerprint density at radius 3 is 1.14 bits per heavy atom. The van der Waals surface area contributed by atoms with Crippen molar-refractivity contribution in [1.82, 2.24) is 0 Å². The Balaban J connectivity index is -0.0000000451. The van der Waals surface area contributed by atoms with Crippen molar-refractivity contribution < 1.29 is 143 Å². The predicted molar refractivity (Wildman–Crippen MR) is 45.4 cm³/mol. The second-order valence-corrected chi connectivity index (χ2v) is 2.62. The molecule has 0 saturated heterocycles. The van der Waals surface area contributed by atoms with Crippen LogP contribution in [-0.2, 0) is 26.0 Å². The van der Waals surface area contributed by atoms with Crippen LogP contribution in [0.5, 0.6) is 0 Å². The first-order chi connectivity index (χ1) is 7.19. The molecule has 0 fully saturated rings. The molecule has 0 aromatic rings. The van der Waals surface area contributed by atoms with E-state index in [2.05, 4.69) is 0 Å². The fraction of sp³-hybridized carbons (Fsp3) is 0.500. The van der Waals surface area contributed by atoms with Crippen LogP contribution in [0.2, 0.25) is 0 Å². The number of carbonyl (C=O) groups is 3. The Hall–Kier alpha value is 1.11. The summed E-state index contributed by atoms with van der Waals surface area (Å²) in [7, 11) is 0. The third kappa shape index (κ3) is 26.3. The summed E-state index contributed by atoms with van der Waals surface area (Å²) < 4.78 is 16.6. The van der Waals surface area contributed by atoms with Gasteiger partial charge in [0, 0.05) is 24.8 Å². The number of rotatable bonds is 5. The van der Waals surface area contributed by atoms with E-state index >= 15 is 0 Å². The molecule has 0 amide bonds. The van der Waals surface area contributed by atoms with Crippen LogP contribution in [0.25, 0.3) is 0 Å². The molecule has 5 N–H and O–H groups in total. The van der Waals surface area contributed by atoms with Gasteiger partial charge in [-0.25, -0.2) is 0 Å². The zero-order valence-corrected chi connectivity index (χ0v) is 18.4. The zero-order chi connectivity index (χ0) is 13.4.